The third-order valence-corrected chi connectivity index (χ3v) is 2.50. The number of carbonyl (C=O) groups excluding carboxylic acids is 2. The number of thiocyanates is 1. The highest BCUT2D eigenvalue weighted by molar-refractivity contribution is 8.04. The van der Waals surface area contributed by atoms with Gasteiger partial charge in [-0.2, -0.15) is 5.26 Å². The van der Waals surface area contributed by atoms with E-state index in [1.807, 2.05) is 0 Å². The SMILES string of the molecule is CCOC(=O)c1ccccc1NC(=O)CSC#N. The number of esters is 1. The molecule has 0 bridgehead atoms. The van der Waals surface area contributed by atoms with Crippen LogP contribution in [0.5, 0.6) is 0 Å². The van der Waals surface area contributed by atoms with E-state index in [9.17, 15) is 9.59 Å². The number of carbonyl (C=O) groups is 2. The standard InChI is InChI=1S/C12H12N2O3S/c1-2-17-12(16)9-5-3-4-6-10(9)14-11(15)7-18-8-13/h3-6H,2,7H2,1H3,(H,14,15). The molecule has 0 saturated carbocycles. The van der Waals surface area contributed by atoms with E-state index < -0.39 is 5.97 Å². The zero-order chi connectivity index (χ0) is 13.4. The Bertz CT molecular complexity index is 482. The van der Waals surface area contributed by atoms with Crippen LogP contribution in [0.4, 0.5) is 5.69 Å². The van der Waals surface area contributed by atoms with Crippen molar-refractivity contribution in [2.75, 3.05) is 17.7 Å². The molecule has 94 valence electrons. The molecule has 6 heteroatoms. The Hall–Kier alpha value is -2.00. The van der Waals surface area contributed by atoms with Crippen LogP contribution in [0.15, 0.2) is 24.3 Å². The van der Waals surface area contributed by atoms with Gasteiger partial charge in [-0.25, -0.2) is 4.79 Å². The van der Waals surface area contributed by atoms with Gasteiger partial charge in [-0.3, -0.25) is 4.79 Å². The fraction of sp³-hybridized carbons (Fsp3) is 0.250. The number of thioether (sulfide) groups is 1. The van der Waals surface area contributed by atoms with Crippen LogP contribution < -0.4 is 5.32 Å². The number of nitrogens with one attached hydrogen (secondary N) is 1. The molecule has 18 heavy (non-hydrogen) atoms. The number of anilines is 1. The molecule has 1 aromatic rings. The van der Waals surface area contributed by atoms with E-state index in [0.29, 0.717) is 11.3 Å². The number of hydrogen-bond acceptors (Lipinski definition) is 5. The Morgan fingerprint density at radius 3 is 2.83 bits per heavy atom. The lowest BCUT2D eigenvalue weighted by Gasteiger charge is -2.09. The summed E-state index contributed by atoms with van der Waals surface area (Å²) in [5.74, 6) is -0.798. The van der Waals surface area contributed by atoms with Crippen molar-refractivity contribution >= 4 is 29.3 Å². The Morgan fingerprint density at radius 2 is 2.17 bits per heavy atom. The van der Waals surface area contributed by atoms with Crippen LogP contribution in [-0.4, -0.2) is 24.2 Å². The summed E-state index contributed by atoms with van der Waals surface area (Å²) in [7, 11) is 0. The number of benzene rings is 1. The summed E-state index contributed by atoms with van der Waals surface area (Å²) in [6.45, 7) is 1.98. The fourth-order valence-corrected chi connectivity index (χ4v) is 1.53. The van der Waals surface area contributed by atoms with Crippen molar-refractivity contribution in [2.45, 2.75) is 6.92 Å². The average Bonchev–Trinajstić information content (AvgIpc) is 2.37. The molecule has 1 N–H and O–H groups in total. The molecular weight excluding hydrogens is 252 g/mol. The first-order valence-corrected chi connectivity index (χ1v) is 6.24. The molecule has 5 nitrogen and oxygen atoms in total. The normalized spacial score (nSPS) is 9.33. The Balaban J connectivity index is 2.79. The van der Waals surface area contributed by atoms with Gasteiger partial charge in [0.1, 0.15) is 5.40 Å². The van der Waals surface area contributed by atoms with Gasteiger partial charge in [0.15, 0.2) is 0 Å². The third kappa shape index (κ3) is 4.11. The van der Waals surface area contributed by atoms with Gasteiger partial charge in [0, 0.05) is 0 Å². The van der Waals surface area contributed by atoms with E-state index in [0.717, 1.165) is 11.8 Å². The highest BCUT2D eigenvalue weighted by atomic mass is 32.2. The summed E-state index contributed by atoms with van der Waals surface area (Å²) >= 11 is 0.837. The van der Waals surface area contributed by atoms with Crippen molar-refractivity contribution in [2.24, 2.45) is 0 Å². The fourth-order valence-electron chi connectivity index (χ4n) is 1.26. The molecule has 1 amide bonds. The first kappa shape index (κ1) is 14.1. The maximum atomic E-state index is 11.6. The minimum atomic E-state index is -0.485. The monoisotopic (exact) mass is 264 g/mol. The summed E-state index contributed by atoms with van der Waals surface area (Å²) in [4.78, 5) is 23.1. The van der Waals surface area contributed by atoms with E-state index in [1.165, 1.54) is 0 Å². The van der Waals surface area contributed by atoms with Crippen molar-refractivity contribution in [3.63, 3.8) is 0 Å². The van der Waals surface area contributed by atoms with Gasteiger partial charge in [0.25, 0.3) is 0 Å². The molecule has 0 aliphatic rings. The van der Waals surface area contributed by atoms with Gasteiger partial charge >= 0.3 is 5.97 Å². The average molecular weight is 264 g/mol. The lowest BCUT2D eigenvalue weighted by atomic mass is 10.2. The largest absolute Gasteiger partial charge is 0.462 e. The Kier molecular flexibility index (Phi) is 5.74. The molecule has 0 fully saturated rings. The van der Waals surface area contributed by atoms with Crippen LogP contribution in [0.3, 0.4) is 0 Å². The van der Waals surface area contributed by atoms with E-state index in [1.54, 1.807) is 36.6 Å². The molecule has 0 aliphatic carbocycles. The van der Waals surface area contributed by atoms with Crippen LogP contribution >= 0.6 is 11.8 Å². The van der Waals surface area contributed by atoms with Gasteiger partial charge < -0.3 is 10.1 Å². The third-order valence-electron chi connectivity index (χ3n) is 1.96. The van der Waals surface area contributed by atoms with Crippen molar-refractivity contribution < 1.29 is 14.3 Å². The lowest BCUT2D eigenvalue weighted by Crippen LogP contribution is -2.17. The van der Waals surface area contributed by atoms with Crippen molar-refractivity contribution in [3.8, 4) is 5.40 Å². The van der Waals surface area contributed by atoms with E-state index in [-0.39, 0.29) is 18.3 Å². The van der Waals surface area contributed by atoms with Crippen molar-refractivity contribution in [1.82, 2.24) is 0 Å². The number of amides is 1. The molecule has 0 saturated heterocycles. The summed E-state index contributed by atoms with van der Waals surface area (Å²) < 4.78 is 4.88. The maximum absolute atomic E-state index is 11.6. The molecule has 0 aromatic heterocycles. The molecule has 0 unspecified atom stereocenters. The zero-order valence-electron chi connectivity index (χ0n) is 9.80. The van der Waals surface area contributed by atoms with Crippen LogP contribution in [-0.2, 0) is 9.53 Å². The summed E-state index contributed by atoms with van der Waals surface area (Å²) in [6, 6.07) is 6.58. The smallest absolute Gasteiger partial charge is 0.340 e. The minimum Gasteiger partial charge on any atom is -0.462 e. The first-order valence-electron chi connectivity index (χ1n) is 5.26. The lowest BCUT2D eigenvalue weighted by molar-refractivity contribution is -0.113. The van der Waals surface area contributed by atoms with Crippen LogP contribution in [0.25, 0.3) is 0 Å². The maximum Gasteiger partial charge on any atom is 0.340 e. The van der Waals surface area contributed by atoms with Crippen LogP contribution in [0.2, 0.25) is 0 Å². The van der Waals surface area contributed by atoms with E-state index in [2.05, 4.69) is 5.32 Å². The summed E-state index contributed by atoms with van der Waals surface area (Å²) in [5, 5.41) is 12.7. The van der Waals surface area contributed by atoms with Crippen LogP contribution in [0, 0.1) is 10.7 Å². The zero-order valence-corrected chi connectivity index (χ0v) is 10.6. The molecular formula is C12H12N2O3S. The molecule has 0 atom stereocenters. The Labute approximate surface area is 109 Å². The number of nitrogens with zero attached hydrogens (tertiary/aromatic N) is 1. The number of ether oxygens (including phenoxy) is 1. The summed E-state index contributed by atoms with van der Waals surface area (Å²) in [6.07, 6.45) is 0. The second-order valence-electron chi connectivity index (χ2n) is 3.19. The molecule has 1 rings (SSSR count). The van der Waals surface area contributed by atoms with Gasteiger partial charge in [-0.1, -0.05) is 12.1 Å². The van der Waals surface area contributed by atoms with E-state index in [4.69, 9.17) is 10.00 Å². The highest BCUT2D eigenvalue weighted by Crippen LogP contribution is 2.16. The molecule has 0 heterocycles. The molecule has 1 aromatic carbocycles. The Morgan fingerprint density at radius 1 is 1.44 bits per heavy atom. The number of para-hydroxylation sites is 1. The molecule has 0 radical (unpaired) electrons. The van der Waals surface area contributed by atoms with Crippen molar-refractivity contribution in [1.29, 1.82) is 5.26 Å². The highest BCUT2D eigenvalue weighted by Gasteiger charge is 2.13. The van der Waals surface area contributed by atoms with Crippen molar-refractivity contribution in [3.05, 3.63) is 29.8 Å². The predicted molar refractivity (Wildman–Crippen MR) is 69.1 cm³/mol. The number of hydrogen-bond donors (Lipinski definition) is 1. The number of nitriles is 1. The van der Waals surface area contributed by atoms with Gasteiger partial charge in [0.05, 0.1) is 23.6 Å². The minimum absolute atomic E-state index is 0.0215. The van der Waals surface area contributed by atoms with E-state index >= 15 is 0 Å². The molecule has 0 spiro atoms. The second-order valence-corrected chi connectivity index (χ2v) is 3.95. The van der Waals surface area contributed by atoms with Gasteiger partial charge in [-0.05, 0) is 30.8 Å². The summed E-state index contributed by atoms with van der Waals surface area (Å²) in [5.41, 5.74) is 0.689. The number of rotatable bonds is 5. The topological polar surface area (TPSA) is 79.2 Å². The van der Waals surface area contributed by atoms with Gasteiger partial charge in [-0.15, -0.1) is 0 Å². The van der Waals surface area contributed by atoms with Crippen LogP contribution in [0.1, 0.15) is 17.3 Å². The molecule has 0 aliphatic heterocycles. The quantitative estimate of drug-likeness (QED) is 0.650. The predicted octanol–water partition coefficient (Wildman–Crippen LogP) is 2.02. The van der Waals surface area contributed by atoms with Gasteiger partial charge in [0.2, 0.25) is 5.91 Å². The first-order chi connectivity index (χ1) is 8.69. The second kappa shape index (κ2) is 7.35.